The second-order valence-corrected chi connectivity index (χ2v) is 6.24. The molecule has 0 spiro atoms. The average molecular weight is 322 g/mol. The largest absolute Gasteiger partial charge is 0.618 e. The zero-order valence-corrected chi connectivity index (χ0v) is 14.3. The van der Waals surface area contributed by atoms with E-state index >= 15 is 0 Å². The van der Waals surface area contributed by atoms with Crippen LogP contribution in [0.5, 0.6) is 5.75 Å². The Bertz CT molecular complexity index is 842. The van der Waals surface area contributed by atoms with E-state index in [1.165, 1.54) is 0 Å². The zero-order chi connectivity index (χ0) is 17.1. The number of fused-ring (bicyclic) bond motifs is 1. The molecule has 1 heterocycles. The molecule has 0 fully saturated rings. The highest BCUT2D eigenvalue weighted by Gasteiger charge is 2.12. The van der Waals surface area contributed by atoms with Crippen LogP contribution in [0.3, 0.4) is 0 Å². The summed E-state index contributed by atoms with van der Waals surface area (Å²) in [6.45, 7) is 3.57. The van der Waals surface area contributed by atoms with E-state index in [1.807, 2.05) is 56.6 Å². The van der Waals surface area contributed by atoms with Gasteiger partial charge < -0.3 is 14.8 Å². The van der Waals surface area contributed by atoms with Gasteiger partial charge in [0.15, 0.2) is 6.20 Å². The molecular formula is C20H22N2O2. The van der Waals surface area contributed by atoms with Crippen molar-refractivity contribution in [2.24, 2.45) is 0 Å². The Morgan fingerprint density at radius 1 is 1.08 bits per heavy atom. The monoisotopic (exact) mass is 322 g/mol. The van der Waals surface area contributed by atoms with Crippen molar-refractivity contribution >= 4 is 10.8 Å². The quantitative estimate of drug-likeness (QED) is 0.534. The maximum absolute atomic E-state index is 12.4. The molecule has 0 N–H and O–H groups in total. The van der Waals surface area contributed by atoms with Crippen LogP contribution >= 0.6 is 0 Å². The minimum atomic E-state index is 0.642. The standard InChI is InChI=1S/C20H22N2O2/c1-15-5-4-6-17-14-22(23)20(13-19(15)17)16-7-9-18(10-8-16)24-12-11-21(2)3/h4-10,13-14H,11-12H2,1-3H3. The van der Waals surface area contributed by atoms with Crippen LogP contribution in [0.2, 0.25) is 0 Å². The third-order valence-corrected chi connectivity index (χ3v) is 4.09. The van der Waals surface area contributed by atoms with E-state index in [2.05, 4.69) is 17.9 Å². The van der Waals surface area contributed by atoms with Gasteiger partial charge in [-0.2, -0.15) is 4.73 Å². The summed E-state index contributed by atoms with van der Waals surface area (Å²) in [4.78, 5) is 2.08. The lowest BCUT2D eigenvalue weighted by Gasteiger charge is -2.11. The van der Waals surface area contributed by atoms with E-state index in [4.69, 9.17) is 4.74 Å². The number of likely N-dealkylation sites (N-methyl/N-ethyl adjacent to an activating group) is 1. The van der Waals surface area contributed by atoms with Crippen molar-refractivity contribution < 1.29 is 9.47 Å². The normalized spacial score (nSPS) is 11.2. The van der Waals surface area contributed by atoms with E-state index in [9.17, 15) is 5.21 Å². The molecule has 3 rings (SSSR count). The molecule has 2 aromatic carbocycles. The first kappa shape index (κ1) is 16.3. The second kappa shape index (κ2) is 6.89. The number of nitrogens with zero attached hydrogens (tertiary/aromatic N) is 2. The van der Waals surface area contributed by atoms with Crippen LogP contribution < -0.4 is 9.47 Å². The van der Waals surface area contributed by atoms with Crippen LogP contribution in [0, 0.1) is 12.1 Å². The van der Waals surface area contributed by atoms with Gasteiger partial charge in [-0.15, -0.1) is 0 Å². The summed E-state index contributed by atoms with van der Waals surface area (Å²) in [5.74, 6) is 0.815. The van der Waals surface area contributed by atoms with Crippen molar-refractivity contribution in [1.82, 2.24) is 4.90 Å². The van der Waals surface area contributed by atoms with E-state index in [0.717, 1.165) is 38.9 Å². The number of aryl methyl sites for hydroxylation is 1. The maximum atomic E-state index is 12.4. The van der Waals surface area contributed by atoms with Crippen LogP contribution in [-0.4, -0.2) is 32.1 Å². The molecule has 0 unspecified atom stereocenters. The number of pyridine rings is 1. The Labute approximate surface area is 142 Å². The minimum absolute atomic E-state index is 0.642. The lowest BCUT2D eigenvalue weighted by molar-refractivity contribution is -0.592. The van der Waals surface area contributed by atoms with E-state index < -0.39 is 0 Å². The van der Waals surface area contributed by atoms with Crippen LogP contribution in [-0.2, 0) is 0 Å². The number of hydrogen-bond donors (Lipinski definition) is 0. The molecule has 4 nitrogen and oxygen atoms in total. The molecule has 0 radical (unpaired) electrons. The van der Waals surface area contributed by atoms with Gasteiger partial charge in [0.2, 0.25) is 5.69 Å². The van der Waals surface area contributed by atoms with Gasteiger partial charge in [0.1, 0.15) is 12.4 Å². The first-order valence-corrected chi connectivity index (χ1v) is 8.05. The molecule has 0 saturated carbocycles. The van der Waals surface area contributed by atoms with Crippen molar-refractivity contribution in [3.05, 3.63) is 65.5 Å². The predicted octanol–water partition coefficient (Wildman–Crippen LogP) is 3.39. The number of benzene rings is 2. The van der Waals surface area contributed by atoms with E-state index in [0.29, 0.717) is 12.3 Å². The molecule has 0 aliphatic heterocycles. The SMILES string of the molecule is Cc1cccc2c[n+]([O-])c(-c3ccc(OCCN(C)C)cc3)cc12. The third kappa shape index (κ3) is 3.49. The summed E-state index contributed by atoms with van der Waals surface area (Å²) < 4.78 is 6.63. The second-order valence-electron chi connectivity index (χ2n) is 6.24. The molecule has 3 aromatic rings. The summed E-state index contributed by atoms with van der Waals surface area (Å²) in [7, 11) is 4.03. The molecule has 0 aliphatic carbocycles. The van der Waals surface area contributed by atoms with Gasteiger partial charge in [-0.3, -0.25) is 0 Å². The van der Waals surface area contributed by atoms with E-state index in [1.54, 1.807) is 6.20 Å². The highest BCUT2D eigenvalue weighted by Crippen LogP contribution is 2.24. The summed E-state index contributed by atoms with van der Waals surface area (Å²) in [6.07, 6.45) is 1.64. The van der Waals surface area contributed by atoms with Crippen molar-refractivity contribution in [1.29, 1.82) is 0 Å². The number of ether oxygens (including phenoxy) is 1. The molecule has 0 aliphatic rings. The van der Waals surface area contributed by atoms with Crippen molar-refractivity contribution in [3.63, 3.8) is 0 Å². The van der Waals surface area contributed by atoms with Crippen LogP contribution in [0.1, 0.15) is 5.56 Å². The first-order valence-electron chi connectivity index (χ1n) is 8.05. The number of rotatable bonds is 5. The number of aromatic nitrogens is 1. The lowest BCUT2D eigenvalue weighted by atomic mass is 10.0. The Kier molecular flexibility index (Phi) is 4.67. The smallest absolute Gasteiger partial charge is 0.224 e. The third-order valence-electron chi connectivity index (χ3n) is 4.09. The minimum Gasteiger partial charge on any atom is -0.618 e. The van der Waals surface area contributed by atoms with Crippen LogP contribution in [0.4, 0.5) is 0 Å². The van der Waals surface area contributed by atoms with Gasteiger partial charge in [0.05, 0.1) is 0 Å². The Morgan fingerprint density at radius 3 is 2.54 bits per heavy atom. The molecule has 0 saturated heterocycles. The molecule has 0 atom stereocenters. The Balaban J connectivity index is 1.87. The molecule has 0 bridgehead atoms. The van der Waals surface area contributed by atoms with Gasteiger partial charge in [-0.05, 0) is 62.3 Å². The molecule has 4 heteroatoms. The Morgan fingerprint density at radius 2 is 1.83 bits per heavy atom. The maximum Gasteiger partial charge on any atom is 0.224 e. The van der Waals surface area contributed by atoms with Crippen LogP contribution in [0.15, 0.2) is 54.7 Å². The molecular weight excluding hydrogens is 300 g/mol. The van der Waals surface area contributed by atoms with Crippen molar-refractivity contribution in [2.75, 3.05) is 27.2 Å². The van der Waals surface area contributed by atoms with Gasteiger partial charge in [0.25, 0.3) is 0 Å². The highest BCUT2D eigenvalue weighted by atomic mass is 16.5. The lowest BCUT2D eigenvalue weighted by Crippen LogP contribution is -2.28. The summed E-state index contributed by atoms with van der Waals surface area (Å²) >= 11 is 0. The fraction of sp³-hybridized carbons (Fsp3) is 0.250. The number of hydrogen-bond acceptors (Lipinski definition) is 3. The highest BCUT2D eigenvalue weighted by molar-refractivity contribution is 5.86. The van der Waals surface area contributed by atoms with E-state index in [-0.39, 0.29) is 0 Å². The molecule has 0 amide bonds. The first-order chi connectivity index (χ1) is 11.5. The summed E-state index contributed by atoms with van der Waals surface area (Å²) in [6, 6.07) is 15.6. The van der Waals surface area contributed by atoms with Crippen molar-refractivity contribution in [2.45, 2.75) is 6.92 Å². The molecule has 24 heavy (non-hydrogen) atoms. The van der Waals surface area contributed by atoms with Gasteiger partial charge in [-0.1, -0.05) is 12.1 Å². The van der Waals surface area contributed by atoms with Gasteiger partial charge in [0, 0.05) is 23.6 Å². The van der Waals surface area contributed by atoms with Gasteiger partial charge >= 0.3 is 0 Å². The molecule has 1 aromatic heterocycles. The zero-order valence-electron chi connectivity index (χ0n) is 14.3. The summed E-state index contributed by atoms with van der Waals surface area (Å²) in [5, 5.41) is 14.4. The average Bonchev–Trinajstić information content (AvgIpc) is 2.55. The molecule has 124 valence electrons. The van der Waals surface area contributed by atoms with Crippen LogP contribution in [0.25, 0.3) is 22.0 Å². The fourth-order valence-electron chi connectivity index (χ4n) is 2.69. The summed E-state index contributed by atoms with van der Waals surface area (Å²) in [5.41, 5.74) is 2.70. The fourth-order valence-corrected chi connectivity index (χ4v) is 2.69. The Hall–Kier alpha value is -2.59. The predicted molar refractivity (Wildman–Crippen MR) is 97.1 cm³/mol. The topological polar surface area (TPSA) is 39.4 Å². The van der Waals surface area contributed by atoms with Crippen molar-refractivity contribution in [3.8, 4) is 17.0 Å². The van der Waals surface area contributed by atoms with Gasteiger partial charge in [-0.25, -0.2) is 0 Å².